The van der Waals surface area contributed by atoms with E-state index in [1.54, 1.807) is 18.2 Å². The Labute approximate surface area is 109 Å². The van der Waals surface area contributed by atoms with Gasteiger partial charge in [0.1, 0.15) is 6.29 Å². The van der Waals surface area contributed by atoms with Gasteiger partial charge in [-0.05, 0) is 35.1 Å². The molecule has 0 aliphatic heterocycles. The highest BCUT2D eigenvalue weighted by molar-refractivity contribution is 5.80. The maximum Gasteiger partial charge on any atom is 0.416 e. The maximum absolute atomic E-state index is 13.0. The number of alkyl halides is 3. The van der Waals surface area contributed by atoms with Crippen molar-refractivity contribution >= 4 is 11.9 Å². The monoisotopic (exact) mass is 266 g/mol. The summed E-state index contributed by atoms with van der Waals surface area (Å²) in [6.45, 7) is 1.83. The summed E-state index contributed by atoms with van der Waals surface area (Å²) in [4.78, 5) is 10.7. The zero-order valence-electron chi connectivity index (χ0n) is 10.4. The maximum atomic E-state index is 13.0. The van der Waals surface area contributed by atoms with Crippen LogP contribution in [0.15, 0.2) is 42.0 Å². The fraction of sp³-hybridized carbons (Fsp3) is 0.267. The van der Waals surface area contributed by atoms with Gasteiger partial charge in [0.15, 0.2) is 0 Å². The zero-order valence-corrected chi connectivity index (χ0v) is 10.4. The molecule has 0 spiro atoms. The molecule has 1 atom stereocenters. The van der Waals surface area contributed by atoms with Crippen LogP contribution in [0.5, 0.6) is 0 Å². The fourth-order valence-corrected chi connectivity index (χ4v) is 2.32. The highest BCUT2D eigenvalue weighted by Gasteiger charge is 2.34. The lowest BCUT2D eigenvalue weighted by atomic mass is 9.83. The number of rotatable bonds is 2. The largest absolute Gasteiger partial charge is 0.416 e. The Morgan fingerprint density at radius 1 is 1.21 bits per heavy atom. The van der Waals surface area contributed by atoms with Crippen molar-refractivity contribution < 1.29 is 18.0 Å². The molecule has 0 fully saturated rings. The molecular formula is C15H13F3O. The van der Waals surface area contributed by atoms with E-state index in [2.05, 4.69) is 0 Å². The molecule has 100 valence electrons. The van der Waals surface area contributed by atoms with E-state index < -0.39 is 11.7 Å². The summed E-state index contributed by atoms with van der Waals surface area (Å²) in [6, 6.07) is 5.54. The van der Waals surface area contributed by atoms with Gasteiger partial charge in [-0.1, -0.05) is 37.3 Å². The third-order valence-electron chi connectivity index (χ3n) is 3.24. The quantitative estimate of drug-likeness (QED) is 0.731. The van der Waals surface area contributed by atoms with Crippen molar-refractivity contribution in [2.24, 2.45) is 5.92 Å². The first kappa shape index (κ1) is 13.6. The van der Waals surface area contributed by atoms with Gasteiger partial charge in [-0.2, -0.15) is 13.2 Å². The summed E-state index contributed by atoms with van der Waals surface area (Å²) in [6.07, 6.45) is 0.0603. The highest BCUT2D eigenvalue weighted by atomic mass is 19.4. The molecule has 1 aliphatic rings. The molecular weight excluding hydrogens is 253 g/mol. The van der Waals surface area contributed by atoms with E-state index in [9.17, 15) is 18.0 Å². The van der Waals surface area contributed by atoms with E-state index >= 15 is 0 Å². The SMILES string of the molecule is CC1CC(C=O)=CC=C1c1ccccc1C(F)(F)F. The average Bonchev–Trinajstić information content (AvgIpc) is 2.37. The topological polar surface area (TPSA) is 17.1 Å². The molecule has 0 N–H and O–H groups in total. The van der Waals surface area contributed by atoms with Crippen LogP contribution in [0.3, 0.4) is 0 Å². The number of carbonyl (C=O) groups is 1. The highest BCUT2D eigenvalue weighted by Crippen LogP contribution is 2.39. The molecule has 1 aromatic carbocycles. The Hall–Kier alpha value is -1.84. The van der Waals surface area contributed by atoms with Crippen molar-refractivity contribution in [3.8, 4) is 0 Å². The Morgan fingerprint density at radius 3 is 2.47 bits per heavy atom. The van der Waals surface area contributed by atoms with Crippen LogP contribution in [0, 0.1) is 5.92 Å². The first-order valence-electron chi connectivity index (χ1n) is 5.96. The van der Waals surface area contributed by atoms with Gasteiger partial charge in [0.2, 0.25) is 0 Å². The molecule has 1 aliphatic carbocycles. The van der Waals surface area contributed by atoms with Gasteiger partial charge < -0.3 is 0 Å². The van der Waals surface area contributed by atoms with E-state index in [1.165, 1.54) is 12.1 Å². The molecule has 0 bridgehead atoms. The number of halogens is 3. The van der Waals surface area contributed by atoms with E-state index in [-0.39, 0.29) is 11.5 Å². The number of allylic oxidation sites excluding steroid dienone is 4. The van der Waals surface area contributed by atoms with Crippen molar-refractivity contribution in [2.45, 2.75) is 19.5 Å². The van der Waals surface area contributed by atoms with Gasteiger partial charge in [0.05, 0.1) is 5.56 Å². The third-order valence-corrected chi connectivity index (χ3v) is 3.24. The predicted octanol–water partition coefficient (Wildman–Crippen LogP) is 4.25. The van der Waals surface area contributed by atoms with Crippen LogP contribution in [0.4, 0.5) is 13.2 Å². The molecule has 0 saturated carbocycles. The summed E-state index contributed by atoms with van der Waals surface area (Å²) in [5, 5.41) is 0. The molecule has 2 rings (SSSR count). The lowest BCUT2D eigenvalue weighted by molar-refractivity contribution is -0.137. The second kappa shape index (κ2) is 5.03. The lowest BCUT2D eigenvalue weighted by Crippen LogP contribution is -2.12. The molecule has 0 amide bonds. The van der Waals surface area contributed by atoms with Crippen LogP contribution in [-0.2, 0) is 11.0 Å². The third kappa shape index (κ3) is 2.78. The summed E-state index contributed by atoms with van der Waals surface area (Å²) < 4.78 is 38.9. The summed E-state index contributed by atoms with van der Waals surface area (Å²) >= 11 is 0. The molecule has 0 saturated heterocycles. The Kier molecular flexibility index (Phi) is 3.60. The number of hydrogen-bond acceptors (Lipinski definition) is 1. The standard InChI is InChI=1S/C15H13F3O/c1-10-8-11(9-19)6-7-12(10)13-4-2-3-5-14(13)15(16,17)18/h2-7,9-10H,8H2,1H3. The minimum absolute atomic E-state index is 0.103. The molecule has 19 heavy (non-hydrogen) atoms. The van der Waals surface area contributed by atoms with Crippen LogP contribution in [0.25, 0.3) is 5.57 Å². The van der Waals surface area contributed by atoms with Crippen molar-refractivity contribution in [1.29, 1.82) is 0 Å². The minimum Gasteiger partial charge on any atom is -0.298 e. The lowest BCUT2D eigenvalue weighted by Gasteiger charge is -2.22. The van der Waals surface area contributed by atoms with Crippen LogP contribution in [-0.4, -0.2) is 6.29 Å². The van der Waals surface area contributed by atoms with E-state index in [0.29, 0.717) is 17.6 Å². The smallest absolute Gasteiger partial charge is 0.298 e. The molecule has 0 heterocycles. The molecule has 1 unspecified atom stereocenters. The van der Waals surface area contributed by atoms with Gasteiger partial charge in [-0.15, -0.1) is 0 Å². The normalized spacial score (nSPS) is 19.7. The molecule has 4 heteroatoms. The van der Waals surface area contributed by atoms with Gasteiger partial charge in [0, 0.05) is 0 Å². The molecule has 0 radical (unpaired) electrons. The number of aldehydes is 1. The van der Waals surface area contributed by atoms with Gasteiger partial charge in [-0.25, -0.2) is 0 Å². The molecule has 0 aromatic heterocycles. The van der Waals surface area contributed by atoms with Crippen molar-refractivity contribution in [1.82, 2.24) is 0 Å². The minimum atomic E-state index is -4.37. The number of hydrogen-bond donors (Lipinski definition) is 0. The Bertz CT molecular complexity index is 553. The van der Waals surface area contributed by atoms with Gasteiger partial charge >= 0.3 is 6.18 Å². The number of carbonyl (C=O) groups excluding carboxylic acids is 1. The summed E-state index contributed by atoms with van der Waals surface area (Å²) in [7, 11) is 0. The average molecular weight is 266 g/mol. The van der Waals surface area contributed by atoms with E-state index in [4.69, 9.17) is 0 Å². The summed E-state index contributed by atoms with van der Waals surface area (Å²) in [5.74, 6) is -0.103. The van der Waals surface area contributed by atoms with E-state index in [0.717, 1.165) is 12.4 Å². The van der Waals surface area contributed by atoms with Crippen LogP contribution in [0.1, 0.15) is 24.5 Å². The Morgan fingerprint density at radius 2 is 1.89 bits per heavy atom. The van der Waals surface area contributed by atoms with Gasteiger partial charge in [0.25, 0.3) is 0 Å². The second-order valence-corrected chi connectivity index (χ2v) is 4.63. The van der Waals surface area contributed by atoms with Crippen molar-refractivity contribution in [3.63, 3.8) is 0 Å². The van der Waals surface area contributed by atoms with Gasteiger partial charge in [-0.3, -0.25) is 4.79 Å². The number of benzene rings is 1. The van der Waals surface area contributed by atoms with Crippen LogP contribution >= 0.6 is 0 Å². The molecule has 1 nitrogen and oxygen atoms in total. The van der Waals surface area contributed by atoms with Crippen molar-refractivity contribution in [2.75, 3.05) is 0 Å². The van der Waals surface area contributed by atoms with Crippen LogP contribution < -0.4 is 0 Å². The second-order valence-electron chi connectivity index (χ2n) is 4.63. The first-order valence-corrected chi connectivity index (χ1v) is 5.96. The zero-order chi connectivity index (χ0) is 14.0. The van der Waals surface area contributed by atoms with Crippen LogP contribution in [0.2, 0.25) is 0 Å². The Balaban J connectivity index is 2.51. The first-order chi connectivity index (χ1) is 8.93. The predicted molar refractivity (Wildman–Crippen MR) is 67.3 cm³/mol. The fourth-order valence-electron chi connectivity index (χ4n) is 2.32. The summed E-state index contributed by atoms with van der Waals surface area (Å²) in [5.41, 5.74) is 0.805. The van der Waals surface area contributed by atoms with E-state index in [1.807, 2.05) is 6.92 Å². The van der Waals surface area contributed by atoms with Crippen molar-refractivity contribution in [3.05, 3.63) is 53.1 Å². The molecule has 1 aromatic rings.